The van der Waals surface area contributed by atoms with Crippen molar-refractivity contribution in [2.24, 2.45) is 0 Å². The van der Waals surface area contributed by atoms with Crippen molar-refractivity contribution in [3.63, 3.8) is 0 Å². The van der Waals surface area contributed by atoms with Gasteiger partial charge >= 0.3 is 0 Å². The molecule has 10 heavy (non-hydrogen) atoms. The Bertz CT molecular complexity index is 80.8. The van der Waals surface area contributed by atoms with Crippen LogP contribution in [0.1, 0.15) is 0 Å². The molecule has 0 N–H and O–H groups in total. The lowest BCUT2D eigenvalue weighted by Crippen LogP contribution is -2.02. The van der Waals surface area contributed by atoms with E-state index in [1.54, 1.807) is 0 Å². The van der Waals surface area contributed by atoms with Gasteiger partial charge in [-0.25, -0.2) is 0 Å². The molecular formula is C8H22P2+2. The van der Waals surface area contributed by atoms with Crippen LogP contribution in [0, 0.1) is 0 Å². The van der Waals surface area contributed by atoms with Gasteiger partial charge in [-0.1, -0.05) is 0 Å². The van der Waals surface area contributed by atoms with Gasteiger partial charge < -0.3 is 0 Å². The molecule has 0 saturated carbocycles. The molecule has 0 aliphatic carbocycles. The molecule has 0 atom stereocenters. The van der Waals surface area contributed by atoms with Gasteiger partial charge in [0.25, 0.3) is 0 Å². The molecule has 0 aromatic heterocycles. The van der Waals surface area contributed by atoms with Crippen LogP contribution in [0.2, 0.25) is 0 Å². The van der Waals surface area contributed by atoms with Crippen LogP contribution in [-0.4, -0.2) is 52.3 Å². The van der Waals surface area contributed by atoms with Crippen molar-refractivity contribution in [3.05, 3.63) is 0 Å². The van der Waals surface area contributed by atoms with Crippen LogP contribution >= 0.6 is 14.5 Å². The molecule has 0 aliphatic rings. The van der Waals surface area contributed by atoms with Crippen molar-refractivity contribution in [1.82, 2.24) is 0 Å². The second-order valence-corrected chi connectivity index (χ2v) is 15.1. The number of hydrogen-bond donors (Lipinski definition) is 0. The van der Waals surface area contributed by atoms with Crippen molar-refractivity contribution in [3.8, 4) is 0 Å². The van der Waals surface area contributed by atoms with E-state index in [-0.39, 0.29) is 0 Å². The molecule has 0 unspecified atom stereocenters. The third-order valence-electron chi connectivity index (χ3n) is 1.44. The molecule has 0 rings (SSSR count). The van der Waals surface area contributed by atoms with Crippen LogP contribution in [0.3, 0.4) is 0 Å². The first-order valence-electron chi connectivity index (χ1n) is 3.82. The fraction of sp³-hybridized carbons (Fsp3) is 1.00. The molecule has 0 saturated heterocycles. The molecule has 2 heteroatoms. The summed E-state index contributed by atoms with van der Waals surface area (Å²) >= 11 is 0. The highest BCUT2D eigenvalue weighted by atomic mass is 31.2. The van der Waals surface area contributed by atoms with E-state index in [1.807, 2.05) is 0 Å². The van der Waals surface area contributed by atoms with Crippen LogP contribution in [0.5, 0.6) is 0 Å². The lowest BCUT2D eigenvalue weighted by atomic mass is 11.0. The average molecular weight is 180 g/mol. The Kier molecular flexibility index (Phi) is 3.81. The Hall–Kier alpha value is 0.860. The van der Waals surface area contributed by atoms with Crippen molar-refractivity contribution in [2.45, 2.75) is 0 Å². The van der Waals surface area contributed by atoms with Gasteiger partial charge in [-0.15, -0.1) is 0 Å². The Morgan fingerprint density at radius 3 is 0.900 bits per heavy atom. The van der Waals surface area contributed by atoms with Gasteiger partial charge in [0.15, 0.2) is 0 Å². The van der Waals surface area contributed by atoms with E-state index >= 15 is 0 Å². The summed E-state index contributed by atoms with van der Waals surface area (Å²) in [7, 11) is -0.969. The first kappa shape index (κ1) is 10.9. The molecule has 0 aromatic rings. The highest BCUT2D eigenvalue weighted by Crippen LogP contribution is 2.54. The van der Waals surface area contributed by atoms with Gasteiger partial charge in [-0.05, 0) is 0 Å². The van der Waals surface area contributed by atoms with E-state index in [0.717, 1.165) is 0 Å². The molecule has 0 fully saturated rings. The van der Waals surface area contributed by atoms with Crippen molar-refractivity contribution >= 4 is 14.5 Å². The van der Waals surface area contributed by atoms with Gasteiger partial charge in [-0.2, -0.15) is 0 Å². The Morgan fingerprint density at radius 2 is 0.800 bits per heavy atom. The van der Waals surface area contributed by atoms with Crippen LogP contribution < -0.4 is 0 Å². The van der Waals surface area contributed by atoms with E-state index < -0.39 is 14.5 Å². The number of rotatable bonds is 3. The minimum Gasteiger partial charge on any atom is 0.00890 e. The topological polar surface area (TPSA) is 0 Å². The third kappa shape index (κ3) is 8.86. The lowest BCUT2D eigenvalue weighted by Gasteiger charge is -2.15. The molecule has 0 nitrogen and oxygen atoms in total. The zero-order valence-electron chi connectivity index (χ0n) is 8.31. The zero-order valence-corrected chi connectivity index (χ0v) is 10.1. The maximum atomic E-state index is 2.43. The minimum absolute atomic E-state index is 0.484. The quantitative estimate of drug-likeness (QED) is 0.586. The predicted octanol–water partition coefficient (Wildman–Crippen LogP) is 2.80. The lowest BCUT2D eigenvalue weighted by molar-refractivity contribution is 1.44. The fourth-order valence-electron chi connectivity index (χ4n) is 0.600. The van der Waals surface area contributed by atoms with E-state index in [2.05, 4.69) is 40.0 Å². The first-order valence-corrected chi connectivity index (χ1v) is 10.4. The van der Waals surface area contributed by atoms with E-state index in [0.29, 0.717) is 0 Å². The van der Waals surface area contributed by atoms with Gasteiger partial charge in [-0.3, -0.25) is 0 Å². The van der Waals surface area contributed by atoms with Crippen molar-refractivity contribution in [1.29, 1.82) is 0 Å². The first-order chi connectivity index (χ1) is 4.21. The largest absolute Gasteiger partial charge is 0.0920 e. The zero-order chi connectivity index (χ0) is 8.41. The molecule has 0 heterocycles. The van der Waals surface area contributed by atoms with Crippen LogP contribution in [0.25, 0.3) is 0 Å². The van der Waals surface area contributed by atoms with E-state index in [1.165, 1.54) is 12.3 Å². The second kappa shape index (κ2) is 3.51. The molecule has 0 aromatic carbocycles. The van der Waals surface area contributed by atoms with Crippen LogP contribution in [-0.2, 0) is 0 Å². The SMILES string of the molecule is C[P+](C)(C)CC[P+](C)(C)C. The summed E-state index contributed by atoms with van der Waals surface area (Å²) in [4.78, 5) is 0. The molecule has 0 spiro atoms. The van der Waals surface area contributed by atoms with Crippen LogP contribution in [0.15, 0.2) is 0 Å². The van der Waals surface area contributed by atoms with E-state index in [9.17, 15) is 0 Å². The van der Waals surface area contributed by atoms with Gasteiger partial charge in [0.05, 0.1) is 12.3 Å². The van der Waals surface area contributed by atoms with Gasteiger partial charge in [0.1, 0.15) is 0 Å². The summed E-state index contributed by atoms with van der Waals surface area (Å²) in [5.41, 5.74) is 0. The smallest absolute Gasteiger partial charge is 0.00890 e. The second-order valence-electron chi connectivity index (χ2n) is 5.03. The summed E-state index contributed by atoms with van der Waals surface area (Å²) in [5, 5.41) is 0. The maximum absolute atomic E-state index is 2.43. The highest BCUT2D eigenvalue weighted by molar-refractivity contribution is 7.77. The van der Waals surface area contributed by atoms with Crippen molar-refractivity contribution < 1.29 is 0 Å². The fourth-order valence-corrected chi connectivity index (χ4v) is 5.40. The molecular weight excluding hydrogens is 158 g/mol. The van der Waals surface area contributed by atoms with Gasteiger partial charge in [0.2, 0.25) is 0 Å². The molecule has 0 radical (unpaired) electrons. The summed E-state index contributed by atoms with van der Waals surface area (Å²) in [6.45, 7) is 14.6. The Labute approximate surface area is 67.5 Å². The third-order valence-corrected chi connectivity index (χ3v) is 4.92. The predicted molar refractivity (Wildman–Crippen MR) is 59.1 cm³/mol. The molecule has 62 valence electrons. The van der Waals surface area contributed by atoms with Crippen LogP contribution in [0.4, 0.5) is 0 Å². The van der Waals surface area contributed by atoms with E-state index in [4.69, 9.17) is 0 Å². The molecule has 0 bridgehead atoms. The normalized spacial score (nSPS) is 13.8. The maximum Gasteiger partial charge on any atom is 0.0920 e. The molecule has 0 aliphatic heterocycles. The monoisotopic (exact) mass is 180 g/mol. The standard InChI is InChI=1S/C8H22P2/c1-9(2,3)7-8-10(4,5)6/h7-8H2,1-6H3/q+2. The Morgan fingerprint density at radius 1 is 0.600 bits per heavy atom. The molecule has 0 amide bonds. The average Bonchev–Trinajstić information content (AvgIpc) is 1.57. The highest BCUT2D eigenvalue weighted by Gasteiger charge is 2.25. The summed E-state index contributed by atoms with van der Waals surface area (Å²) in [6, 6.07) is 0. The minimum atomic E-state index is -0.484. The number of hydrogen-bond acceptors (Lipinski definition) is 0. The summed E-state index contributed by atoms with van der Waals surface area (Å²) in [5.74, 6) is 0. The summed E-state index contributed by atoms with van der Waals surface area (Å²) < 4.78 is 0. The van der Waals surface area contributed by atoms with Crippen molar-refractivity contribution in [2.75, 3.05) is 52.3 Å². The summed E-state index contributed by atoms with van der Waals surface area (Å²) in [6.07, 6.45) is 2.98. The van der Waals surface area contributed by atoms with Gasteiger partial charge in [0, 0.05) is 54.5 Å². The Balaban J connectivity index is 3.56.